The van der Waals surface area contributed by atoms with E-state index in [9.17, 15) is 63.9 Å². The van der Waals surface area contributed by atoms with Crippen LogP contribution >= 0.6 is 73.1 Å². The van der Waals surface area contributed by atoms with Crippen LogP contribution in [0.25, 0.3) is 0 Å². The highest BCUT2D eigenvalue weighted by Crippen LogP contribution is 2.43. The number of nitrogens with zero attached hydrogens (tertiary/aromatic N) is 9. The Hall–Kier alpha value is -9.40. The Bertz CT molecular complexity index is 4530. The normalized spacial score (nSPS) is 22.0. The van der Waals surface area contributed by atoms with E-state index in [4.69, 9.17) is 57.7 Å². The Morgan fingerprint density at radius 2 is 0.900 bits per heavy atom. The molecule has 7 atom stereocenters. The lowest BCUT2D eigenvalue weighted by molar-refractivity contribution is -0.139. The third-order valence-corrected chi connectivity index (χ3v) is 21.0. The summed E-state index contributed by atoms with van der Waals surface area (Å²) in [6.07, 6.45) is 9.47. The number of esters is 3. The predicted molar refractivity (Wildman–Crippen MR) is 396 cm³/mol. The van der Waals surface area contributed by atoms with Crippen LogP contribution in [0.2, 0.25) is 10.0 Å². The van der Waals surface area contributed by atoms with Crippen LogP contribution in [0, 0.1) is 29.3 Å². The molecular formula is C72H67BrCl2F8N12O12S3. The molecule has 582 valence electrons. The molecule has 3 saturated heterocycles. The van der Waals surface area contributed by atoms with Crippen molar-refractivity contribution in [1.29, 1.82) is 0 Å². The lowest BCUT2D eigenvalue weighted by Crippen LogP contribution is -2.41. The van der Waals surface area contributed by atoms with Gasteiger partial charge in [0.2, 0.25) is 0 Å². The number of alkyl halides is 5. The third-order valence-electron chi connectivity index (χ3n) is 17.3. The molecule has 0 amide bonds. The first-order valence-electron chi connectivity index (χ1n) is 33.6. The number of nitrogens with one attached hydrogen (secondary N) is 3. The summed E-state index contributed by atoms with van der Waals surface area (Å²) in [4.78, 5) is 104. The molecule has 6 N–H and O–H groups in total. The summed E-state index contributed by atoms with van der Waals surface area (Å²) < 4.78 is 131. The number of hydrogen-bond acceptors (Lipinski definition) is 24. The van der Waals surface area contributed by atoms with Crippen molar-refractivity contribution in [1.82, 2.24) is 45.6 Å². The van der Waals surface area contributed by atoms with Gasteiger partial charge in [0.25, 0.3) is 11.8 Å². The van der Waals surface area contributed by atoms with Crippen molar-refractivity contribution >= 4 is 126 Å². The van der Waals surface area contributed by atoms with Gasteiger partial charge < -0.3 is 45.5 Å². The number of aliphatic imine (C=N–C) groups is 3. The number of carbonyl (C=O) groups excluding carboxylic acids is 3. The van der Waals surface area contributed by atoms with Gasteiger partial charge in [-0.25, -0.2) is 78.8 Å². The van der Waals surface area contributed by atoms with Crippen molar-refractivity contribution in [3.8, 4) is 0 Å². The summed E-state index contributed by atoms with van der Waals surface area (Å²) in [6.45, 7) is 3.46. The zero-order valence-electron chi connectivity index (χ0n) is 58.1. The first-order valence-corrected chi connectivity index (χ1v) is 37.7. The molecule has 9 heterocycles. The zero-order valence-corrected chi connectivity index (χ0v) is 63.6. The molecule has 3 aromatic carbocycles. The number of carbonyl (C=O) groups is 6. The Labute approximate surface area is 653 Å². The Morgan fingerprint density at radius 1 is 0.545 bits per heavy atom. The van der Waals surface area contributed by atoms with Crippen LogP contribution in [-0.4, -0.2) is 195 Å². The lowest BCUT2D eigenvalue weighted by atomic mass is 9.95. The summed E-state index contributed by atoms with van der Waals surface area (Å²) in [5.74, 6) is -15.5. The summed E-state index contributed by atoms with van der Waals surface area (Å²) in [5, 5.41) is 42.9. The van der Waals surface area contributed by atoms with Gasteiger partial charge in [-0.2, -0.15) is 0 Å². The zero-order chi connectivity index (χ0) is 79.3. The van der Waals surface area contributed by atoms with Gasteiger partial charge in [-0.15, -0.1) is 34.0 Å². The van der Waals surface area contributed by atoms with Crippen molar-refractivity contribution in [3.05, 3.63) is 223 Å². The van der Waals surface area contributed by atoms with Crippen LogP contribution < -0.4 is 16.0 Å². The molecule has 0 saturated carbocycles. The molecule has 0 spiro atoms. The van der Waals surface area contributed by atoms with Crippen LogP contribution in [0.3, 0.4) is 0 Å². The number of rotatable bonds is 24. The average molecular weight is 1690 g/mol. The fourth-order valence-corrected chi connectivity index (χ4v) is 15.5. The molecule has 110 heavy (non-hydrogen) atoms. The topological polar surface area (TPSA) is 312 Å². The molecular weight excluding hydrogens is 1620 g/mol. The van der Waals surface area contributed by atoms with Gasteiger partial charge in [0.1, 0.15) is 41.7 Å². The van der Waals surface area contributed by atoms with Gasteiger partial charge >= 0.3 is 35.8 Å². The molecule has 4 unspecified atom stereocenters. The first kappa shape index (κ1) is 83.1. The van der Waals surface area contributed by atoms with Crippen molar-refractivity contribution in [2.75, 3.05) is 72.2 Å². The number of carboxylic acid groups (broad SMARTS) is 3. The number of amidine groups is 3. The minimum atomic E-state index is -3.18. The van der Waals surface area contributed by atoms with E-state index in [0.29, 0.717) is 71.4 Å². The molecule has 38 heteroatoms. The van der Waals surface area contributed by atoms with Crippen molar-refractivity contribution in [2.45, 2.75) is 69.4 Å². The largest absolute Gasteiger partial charge is 0.478 e. The van der Waals surface area contributed by atoms with Crippen LogP contribution in [0.1, 0.15) is 77.0 Å². The fourth-order valence-electron chi connectivity index (χ4n) is 12.6. The number of benzene rings is 3. The molecule has 0 bridgehead atoms. The van der Waals surface area contributed by atoms with Crippen LogP contribution in [0.15, 0.2) is 179 Å². The second-order valence-corrected chi connectivity index (χ2v) is 29.2. The monoisotopic (exact) mass is 1690 g/mol. The van der Waals surface area contributed by atoms with Gasteiger partial charge in [-0.05, 0) is 69.2 Å². The van der Waals surface area contributed by atoms with Gasteiger partial charge in [0.05, 0.1) is 61.5 Å². The van der Waals surface area contributed by atoms with Gasteiger partial charge in [0, 0.05) is 141 Å². The number of likely N-dealkylation sites (tertiary alicyclic amines) is 3. The van der Waals surface area contributed by atoms with Gasteiger partial charge in [0.15, 0.2) is 32.5 Å². The molecule has 6 aliphatic heterocycles. The van der Waals surface area contributed by atoms with Crippen molar-refractivity contribution < 1.29 is 93.4 Å². The molecule has 0 aliphatic carbocycles. The number of thiazole rings is 3. The number of halogens is 11. The fraction of sp³-hybridized carbons (Fsp3) is 0.333. The van der Waals surface area contributed by atoms with Crippen LogP contribution in [0.5, 0.6) is 0 Å². The first-order chi connectivity index (χ1) is 52.4. The smallest absolute Gasteiger partial charge is 0.338 e. The molecule has 3 fully saturated rings. The number of aliphatic carboxylic acids is 3. The Balaban J connectivity index is 0.000000176. The van der Waals surface area contributed by atoms with Gasteiger partial charge in [-0.3, -0.25) is 29.7 Å². The van der Waals surface area contributed by atoms with Crippen molar-refractivity contribution in [3.63, 3.8) is 0 Å². The average Bonchev–Trinajstić information content (AvgIpc) is 1.15. The van der Waals surface area contributed by atoms with Gasteiger partial charge in [-0.1, -0.05) is 75.6 Å². The van der Waals surface area contributed by atoms with E-state index in [0.717, 1.165) is 30.4 Å². The number of aromatic nitrogens is 3. The van der Waals surface area contributed by atoms with E-state index in [-0.39, 0.29) is 104 Å². The maximum Gasteiger partial charge on any atom is 0.338 e. The molecule has 12 rings (SSSR count). The summed E-state index contributed by atoms with van der Waals surface area (Å²) >= 11 is 19.9. The summed E-state index contributed by atoms with van der Waals surface area (Å²) in [6, 6.07) is 8.10. The minimum absolute atomic E-state index is 0.0295. The van der Waals surface area contributed by atoms with E-state index in [2.05, 4.69) is 56.8 Å². The lowest BCUT2D eigenvalue weighted by Gasteiger charge is -2.31. The molecule has 6 aliphatic rings. The maximum atomic E-state index is 14.7. The van der Waals surface area contributed by atoms with E-state index in [1.807, 2.05) is 0 Å². The maximum absolute atomic E-state index is 14.7. The van der Waals surface area contributed by atoms with Crippen LogP contribution in [0.4, 0.5) is 35.1 Å². The molecule has 6 aromatic rings. The van der Waals surface area contributed by atoms with E-state index in [1.165, 1.54) is 92.4 Å². The molecule has 24 nitrogen and oxygen atoms in total. The predicted octanol–water partition coefficient (Wildman–Crippen LogP) is 12.1. The Kier molecular flexibility index (Phi) is 28.0. The highest BCUT2D eigenvalue weighted by Gasteiger charge is 2.50. The molecule has 3 aromatic heterocycles. The number of carboxylic acids is 3. The van der Waals surface area contributed by atoms with Crippen LogP contribution in [-0.2, 0) is 43.0 Å². The van der Waals surface area contributed by atoms with E-state index in [1.54, 1.807) is 60.4 Å². The second-order valence-electron chi connectivity index (χ2n) is 24.9. The quantitative estimate of drug-likeness (QED) is 0.0142. The van der Waals surface area contributed by atoms with E-state index >= 15 is 0 Å². The standard InChI is InChI=1S/C24H22BrF3N4O4S.C24H22ClF3N4O4S.C24H23ClF2N4O4S/c2*1-2-36-23(35)19-17(11-32-10-13(3-6-18(33)34)24(27,28)12-32)30-21(22-29-7-8-37-22)31-20(19)15-5-4-14(26)9-16(15)25;1-2-35-24(34)20-18(12-31-11-14(27)9-15(31)4-6-19(32)33)29-22(23-28-7-8-36-23)30-21(20)16-5-3-13(26)10-17(16)25/h2*3-9,13,20H,2,10-12H2,1H3,(H,30,31)(H,33,34);3-8,10,14-15,21H,2,9,11-12H2,1H3,(H,29,30)(H,32,33)/b2*6-3+;6-4+/t2*13?,20-;14?,15?,21-/m000/s1. The summed E-state index contributed by atoms with van der Waals surface area (Å²) in [7, 11) is 0. The highest BCUT2D eigenvalue weighted by molar-refractivity contribution is 9.10. The SMILES string of the molecule is CCOC(=O)C1=C(CN2CC(/C=C/C(=O)O)C(F)(F)C2)NC(c2nccs2)=N[C@H]1c1ccc(F)cc1Br.CCOC(=O)C1=C(CN2CC(/C=C/C(=O)O)C(F)(F)C2)NC(c2nccs2)=N[C@H]1c1ccc(F)cc1Cl.CCOC(=O)C1=C(CN2CC(F)CC2/C=C/C(=O)O)NC(c2nccs2)=N[C@H]1c1ccc(F)cc1Cl. The highest BCUT2D eigenvalue weighted by atomic mass is 79.9. The molecule has 0 radical (unpaired) electrons. The third kappa shape index (κ3) is 20.8. The Morgan fingerprint density at radius 3 is 1.25 bits per heavy atom. The number of hydrogen-bond donors (Lipinski definition) is 6. The van der Waals surface area contributed by atoms with E-state index < -0.39 is 120 Å². The summed E-state index contributed by atoms with van der Waals surface area (Å²) in [5.41, 5.74) is 2.42. The second kappa shape index (κ2) is 37.1. The minimum Gasteiger partial charge on any atom is -0.478 e. The van der Waals surface area contributed by atoms with Crippen molar-refractivity contribution in [2.24, 2.45) is 26.8 Å². The number of ether oxygens (including phenoxy) is 3.